The summed E-state index contributed by atoms with van der Waals surface area (Å²) in [4.78, 5) is 0. The lowest BCUT2D eigenvalue weighted by atomic mass is 9.98. The van der Waals surface area contributed by atoms with E-state index in [9.17, 15) is 0 Å². The summed E-state index contributed by atoms with van der Waals surface area (Å²) < 4.78 is 1.79. The van der Waals surface area contributed by atoms with Gasteiger partial charge in [0.2, 0.25) is 0 Å². The second kappa shape index (κ2) is 6.16. The third kappa shape index (κ3) is 2.85. The zero-order chi connectivity index (χ0) is 13.9. The molecule has 0 atom stereocenters. The minimum absolute atomic E-state index is 0.864. The van der Waals surface area contributed by atoms with Crippen LogP contribution in [0.2, 0.25) is 5.02 Å². The van der Waals surface area contributed by atoms with Gasteiger partial charge in [0.25, 0.3) is 0 Å². The molecule has 1 aromatic carbocycles. The Balaban J connectivity index is 1.86. The molecule has 0 radical (unpaired) electrons. The van der Waals surface area contributed by atoms with E-state index in [2.05, 4.69) is 21.7 Å². The number of nitrogens with zero attached hydrogens (tertiary/aromatic N) is 3. The summed E-state index contributed by atoms with van der Waals surface area (Å²) in [6.45, 7) is 2.07. The molecular formula is C14H17ClN4S. The number of nitrogens with one attached hydrogen (secondary N) is 1. The monoisotopic (exact) mass is 308 g/mol. The largest absolute Gasteiger partial charge is 0.316 e. The lowest BCUT2D eigenvalue weighted by molar-refractivity contribution is 0.665. The minimum atomic E-state index is 0.864. The van der Waals surface area contributed by atoms with Crippen molar-refractivity contribution in [2.24, 2.45) is 7.05 Å². The fourth-order valence-corrected chi connectivity index (χ4v) is 3.82. The van der Waals surface area contributed by atoms with Gasteiger partial charge in [-0.15, -0.1) is 16.9 Å². The van der Waals surface area contributed by atoms with Crippen LogP contribution in [0.5, 0.6) is 0 Å². The molecule has 0 amide bonds. The third-order valence-electron chi connectivity index (χ3n) is 3.63. The SMILES string of the molecule is Cn1nncc1SCc1c(Cl)ccc2c1CCNCC2. The smallest absolute Gasteiger partial charge is 0.114 e. The van der Waals surface area contributed by atoms with Crippen molar-refractivity contribution in [3.8, 4) is 0 Å². The molecule has 4 nitrogen and oxygen atoms in total. The van der Waals surface area contributed by atoms with Crippen LogP contribution in [0, 0.1) is 0 Å². The highest BCUT2D eigenvalue weighted by Crippen LogP contribution is 2.31. The maximum atomic E-state index is 6.42. The van der Waals surface area contributed by atoms with Crippen LogP contribution in [0.25, 0.3) is 0 Å². The van der Waals surface area contributed by atoms with E-state index in [4.69, 9.17) is 11.6 Å². The summed E-state index contributed by atoms with van der Waals surface area (Å²) in [5, 5.41) is 13.2. The van der Waals surface area contributed by atoms with Crippen molar-refractivity contribution >= 4 is 23.4 Å². The van der Waals surface area contributed by atoms with Gasteiger partial charge in [0.1, 0.15) is 5.03 Å². The predicted molar refractivity (Wildman–Crippen MR) is 82.3 cm³/mol. The van der Waals surface area contributed by atoms with E-state index < -0.39 is 0 Å². The molecule has 1 N–H and O–H groups in total. The molecule has 0 spiro atoms. The van der Waals surface area contributed by atoms with E-state index >= 15 is 0 Å². The van der Waals surface area contributed by atoms with Gasteiger partial charge in [-0.25, -0.2) is 4.68 Å². The van der Waals surface area contributed by atoms with Gasteiger partial charge in [-0.2, -0.15) is 0 Å². The number of aryl methyl sites for hydroxylation is 1. The van der Waals surface area contributed by atoms with Crippen molar-refractivity contribution in [2.45, 2.75) is 23.6 Å². The van der Waals surface area contributed by atoms with Gasteiger partial charge in [-0.3, -0.25) is 0 Å². The molecule has 6 heteroatoms. The molecule has 1 aliphatic rings. The molecular weight excluding hydrogens is 292 g/mol. The highest BCUT2D eigenvalue weighted by atomic mass is 35.5. The Hall–Kier alpha value is -1.04. The first-order valence-electron chi connectivity index (χ1n) is 6.73. The van der Waals surface area contributed by atoms with Gasteiger partial charge in [0.15, 0.2) is 0 Å². The number of benzene rings is 1. The second-order valence-corrected chi connectivity index (χ2v) is 6.30. The van der Waals surface area contributed by atoms with Gasteiger partial charge in [0, 0.05) is 17.8 Å². The van der Waals surface area contributed by atoms with Gasteiger partial charge < -0.3 is 5.32 Å². The Morgan fingerprint density at radius 3 is 3.00 bits per heavy atom. The maximum absolute atomic E-state index is 6.42. The number of hydrogen-bond acceptors (Lipinski definition) is 4. The van der Waals surface area contributed by atoms with Crippen LogP contribution in [0.1, 0.15) is 16.7 Å². The Labute approximate surface area is 127 Å². The average molecular weight is 309 g/mol. The number of rotatable bonds is 3. The fourth-order valence-electron chi connectivity index (χ4n) is 2.53. The van der Waals surface area contributed by atoms with E-state index in [-0.39, 0.29) is 0 Å². The normalized spacial score (nSPS) is 14.9. The zero-order valence-corrected chi connectivity index (χ0v) is 13.0. The fraction of sp³-hybridized carbons (Fsp3) is 0.429. The molecule has 106 valence electrons. The summed E-state index contributed by atoms with van der Waals surface area (Å²) >= 11 is 8.16. The number of halogens is 1. The molecule has 1 aliphatic heterocycles. The third-order valence-corrected chi connectivity index (χ3v) is 5.08. The quantitative estimate of drug-likeness (QED) is 0.885. The predicted octanol–water partition coefficient (Wildman–Crippen LogP) is 2.45. The summed E-state index contributed by atoms with van der Waals surface area (Å²) in [6, 6.07) is 4.20. The summed E-state index contributed by atoms with van der Waals surface area (Å²) in [7, 11) is 1.91. The van der Waals surface area contributed by atoms with E-state index in [1.165, 1.54) is 16.7 Å². The second-order valence-electron chi connectivity index (χ2n) is 4.90. The van der Waals surface area contributed by atoms with Crippen LogP contribution >= 0.6 is 23.4 Å². The van der Waals surface area contributed by atoms with Crippen molar-refractivity contribution in [3.63, 3.8) is 0 Å². The van der Waals surface area contributed by atoms with Crippen molar-refractivity contribution in [3.05, 3.63) is 40.0 Å². The Morgan fingerprint density at radius 1 is 1.35 bits per heavy atom. The van der Waals surface area contributed by atoms with Crippen molar-refractivity contribution in [1.82, 2.24) is 20.3 Å². The number of fused-ring (bicyclic) bond motifs is 1. The van der Waals surface area contributed by atoms with Crippen molar-refractivity contribution in [1.29, 1.82) is 0 Å². The molecule has 0 unspecified atom stereocenters. The molecule has 1 aromatic heterocycles. The zero-order valence-electron chi connectivity index (χ0n) is 11.4. The van der Waals surface area contributed by atoms with Crippen LogP contribution in [0.3, 0.4) is 0 Å². The Bertz CT molecular complexity index is 611. The molecule has 0 saturated heterocycles. The topological polar surface area (TPSA) is 42.7 Å². The van der Waals surface area contributed by atoms with Crippen LogP contribution < -0.4 is 5.32 Å². The first-order valence-corrected chi connectivity index (χ1v) is 8.09. The number of thioether (sulfide) groups is 1. The molecule has 0 bridgehead atoms. The van der Waals surface area contributed by atoms with Gasteiger partial charge in [0.05, 0.1) is 6.20 Å². The molecule has 0 aliphatic carbocycles. The van der Waals surface area contributed by atoms with Gasteiger partial charge in [-0.1, -0.05) is 22.9 Å². The highest BCUT2D eigenvalue weighted by Gasteiger charge is 2.15. The molecule has 2 heterocycles. The van der Waals surface area contributed by atoms with E-state index in [0.717, 1.165) is 41.7 Å². The van der Waals surface area contributed by atoms with E-state index in [0.29, 0.717) is 0 Å². The summed E-state index contributed by atoms with van der Waals surface area (Å²) in [5.74, 6) is 0.864. The number of hydrogen-bond donors (Lipinski definition) is 1. The Morgan fingerprint density at radius 2 is 2.20 bits per heavy atom. The highest BCUT2D eigenvalue weighted by molar-refractivity contribution is 7.98. The summed E-state index contributed by atoms with van der Waals surface area (Å²) in [6.07, 6.45) is 3.93. The first kappa shape index (κ1) is 13.9. The minimum Gasteiger partial charge on any atom is -0.316 e. The Kier molecular flexibility index (Phi) is 4.29. The number of aromatic nitrogens is 3. The molecule has 3 rings (SSSR count). The molecule has 20 heavy (non-hydrogen) atoms. The maximum Gasteiger partial charge on any atom is 0.114 e. The molecule has 0 saturated carbocycles. The van der Waals surface area contributed by atoms with Crippen LogP contribution in [0.4, 0.5) is 0 Å². The van der Waals surface area contributed by atoms with Crippen molar-refractivity contribution in [2.75, 3.05) is 13.1 Å². The standard InChI is InChI=1S/C14H17ClN4S/c1-19-14(8-17-18-19)20-9-12-11-5-7-16-6-4-10(11)2-3-13(12)15/h2-3,8,16H,4-7,9H2,1H3. The van der Waals surface area contributed by atoms with Gasteiger partial charge >= 0.3 is 0 Å². The van der Waals surface area contributed by atoms with Gasteiger partial charge in [-0.05, 0) is 48.7 Å². The first-order chi connectivity index (χ1) is 9.75. The lowest BCUT2D eigenvalue weighted by Crippen LogP contribution is -2.16. The van der Waals surface area contributed by atoms with E-state index in [1.807, 2.05) is 13.1 Å². The van der Waals surface area contributed by atoms with Crippen LogP contribution in [0.15, 0.2) is 23.4 Å². The molecule has 0 fully saturated rings. The molecule has 2 aromatic rings. The lowest BCUT2D eigenvalue weighted by Gasteiger charge is -2.14. The summed E-state index contributed by atoms with van der Waals surface area (Å²) in [5.41, 5.74) is 4.11. The van der Waals surface area contributed by atoms with Crippen LogP contribution in [-0.4, -0.2) is 28.1 Å². The van der Waals surface area contributed by atoms with Crippen molar-refractivity contribution < 1.29 is 0 Å². The van der Waals surface area contributed by atoms with E-state index in [1.54, 1.807) is 22.6 Å². The van der Waals surface area contributed by atoms with Crippen LogP contribution in [-0.2, 0) is 25.6 Å². The average Bonchev–Trinajstić information content (AvgIpc) is 2.72.